The van der Waals surface area contributed by atoms with E-state index in [1.807, 2.05) is 18.2 Å². The second-order valence-electron chi connectivity index (χ2n) is 4.25. The third-order valence-corrected chi connectivity index (χ3v) is 3.65. The Kier molecular flexibility index (Phi) is 4.41. The summed E-state index contributed by atoms with van der Waals surface area (Å²) in [6.45, 7) is 2.75. The number of benzene rings is 1. The highest BCUT2D eigenvalue weighted by Crippen LogP contribution is 2.24. The SMILES string of the molecule is N#Cc1ccc(NCCC2CCOC2)c(Br)c1. The van der Waals surface area contributed by atoms with E-state index < -0.39 is 0 Å². The standard InChI is InChI=1S/C13H15BrN2O/c14-12-7-11(8-15)1-2-13(12)16-5-3-10-4-6-17-9-10/h1-2,7,10,16H,3-6,9H2. The molecule has 1 aromatic rings. The first-order chi connectivity index (χ1) is 8.29. The van der Waals surface area contributed by atoms with E-state index in [4.69, 9.17) is 10.00 Å². The maximum absolute atomic E-state index is 8.77. The van der Waals surface area contributed by atoms with Crippen molar-refractivity contribution < 1.29 is 4.74 Å². The molecule has 0 spiro atoms. The van der Waals surface area contributed by atoms with Crippen LogP contribution in [0.15, 0.2) is 22.7 Å². The fraction of sp³-hybridized carbons (Fsp3) is 0.462. The molecule has 0 radical (unpaired) electrons. The molecule has 1 fully saturated rings. The molecule has 4 heteroatoms. The Labute approximate surface area is 110 Å². The van der Waals surface area contributed by atoms with Crippen LogP contribution in [0.5, 0.6) is 0 Å². The van der Waals surface area contributed by atoms with Gasteiger partial charge in [0.15, 0.2) is 0 Å². The number of halogens is 1. The van der Waals surface area contributed by atoms with Gasteiger partial charge in [-0.1, -0.05) is 0 Å². The lowest BCUT2D eigenvalue weighted by Crippen LogP contribution is -2.09. The number of nitriles is 1. The van der Waals surface area contributed by atoms with Gasteiger partial charge in [0.2, 0.25) is 0 Å². The van der Waals surface area contributed by atoms with E-state index in [1.54, 1.807) is 0 Å². The zero-order valence-electron chi connectivity index (χ0n) is 9.58. The van der Waals surface area contributed by atoms with Crippen molar-refractivity contribution in [1.82, 2.24) is 0 Å². The largest absolute Gasteiger partial charge is 0.384 e. The van der Waals surface area contributed by atoms with Crippen LogP contribution in [0.1, 0.15) is 18.4 Å². The second kappa shape index (κ2) is 6.04. The van der Waals surface area contributed by atoms with Gasteiger partial charge in [0.05, 0.1) is 11.6 Å². The van der Waals surface area contributed by atoms with Gasteiger partial charge >= 0.3 is 0 Å². The topological polar surface area (TPSA) is 45.0 Å². The number of nitrogens with zero attached hydrogens (tertiary/aromatic N) is 1. The van der Waals surface area contributed by atoms with Crippen LogP contribution in [-0.4, -0.2) is 19.8 Å². The van der Waals surface area contributed by atoms with Crippen LogP contribution in [-0.2, 0) is 4.74 Å². The predicted octanol–water partition coefficient (Wildman–Crippen LogP) is 3.16. The molecule has 0 bridgehead atoms. The number of anilines is 1. The third-order valence-electron chi connectivity index (χ3n) is 2.99. The van der Waals surface area contributed by atoms with Crippen LogP contribution in [0.2, 0.25) is 0 Å². The zero-order chi connectivity index (χ0) is 12.1. The Balaban J connectivity index is 1.84. The van der Waals surface area contributed by atoms with Gasteiger partial charge in [0.25, 0.3) is 0 Å². The molecule has 2 rings (SSSR count). The van der Waals surface area contributed by atoms with Crippen molar-refractivity contribution in [2.45, 2.75) is 12.8 Å². The lowest BCUT2D eigenvalue weighted by molar-refractivity contribution is 0.185. The van der Waals surface area contributed by atoms with Crippen molar-refractivity contribution >= 4 is 21.6 Å². The van der Waals surface area contributed by atoms with Crippen LogP contribution in [0.4, 0.5) is 5.69 Å². The smallest absolute Gasteiger partial charge is 0.0992 e. The zero-order valence-corrected chi connectivity index (χ0v) is 11.2. The van der Waals surface area contributed by atoms with E-state index in [0.717, 1.165) is 36.3 Å². The minimum Gasteiger partial charge on any atom is -0.384 e. The fourth-order valence-corrected chi connectivity index (χ4v) is 2.47. The van der Waals surface area contributed by atoms with Gasteiger partial charge in [-0.05, 0) is 52.9 Å². The van der Waals surface area contributed by atoms with E-state index in [9.17, 15) is 0 Å². The van der Waals surface area contributed by atoms with Gasteiger partial charge in [0, 0.05) is 29.9 Å². The molecule has 1 heterocycles. The molecule has 0 aromatic heterocycles. The molecule has 17 heavy (non-hydrogen) atoms. The van der Waals surface area contributed by atoms with Gasteiger partial charge in [-0.3, -0.25) is 0 Å². The second-order valence-corrected chi connectivity index (χ2v) is 5.11. The van der Waals surface area contributed by atoms with E-state index in [-0.39, 0.29) is 0 Å². The first-order valence-electron chi connectivity index (χ1n) is 5.81. The Morgan fingerprint density at radius 2 is 2.41 bits per heavy atom. The summed E-state index contributed by atoms with van der Waals surface area (Å²) < 4.78 is 6.28. The van der Waals surface area contributed by atoms with Crippen LogP contribution in [0.3, 0.4) is 0 Å². The minimum absolute atomic E-state index is 0.673. The highest BCUT2D eigenvalue weighted by atomic mass is 79.9. The maximum Gasteiger partial charge on any atom is 0.0992 e. The lowest BCUT2D eigenvalue weighted by Gasteiger charge is -2.11. The van der Waals surface area contributed by atoms with Crippen LogP contribution in [0.25, 0.3) is 0 Å². The van der Waals surface area contributed by atoms with E-state index in [1.165, 1.54) is 6.42 Å². The summed E-state index contributed by atoms with van der Waals surface area (Å²) in [5, 5.41) is 12.1. The highest BCUT2D eigenvalue weighted by Gasteiger charge is 2.14. The van der Waals surface area contributed by atoms with Crippen molar-refractivity contribution in [1.29, 1.82) is 5.26 Å². The van der Waals surface area contributed by atoms with Crippen molar-refractivity contribution in [3.8, 4) is 6.07 Å². The monoisotopic (exact) mass is 294 g/mol. The number of hydrogen-bond acceptors (Lipinski definition) is 3. The van der Waals surface area contributed by atoms with Gasteiger partial charge in [-0.25, -0.2) is 0 Å². The Morgan fingerprint density at radius 3 is 3.06 bits per heavy atom. The molecule has 0 aliphatic carbocycles. The Hall–Kier alpha value is -1.05. The number of nitrogens with one attached hydrogen (secondary N) is 1. The molecule has 1 N–H and O–H groups in total. The quantitative estimate of drug-likeness (QED) is 0.928. The molecule has 3 nitrogen and oxygen atoms in total. The normalized spacial score (nSPS) is 18.9. The summed E-state index contributed by atoms with van der Waals surface area (Å²) in [6.07, 6.45) is 2.31. The van der Waals surface area contributed by atoms with Crippen molar-refractivity contribution in [2.24, 2.45) is 5.92 Å². The lowest BCUT2D eigenvalue weighted by atomic mass is 10.1. The summed E-state index contributed by atoms with van der Waals surface area (Å²) in [6, 6.07) is 7.72. The van der Waals surface area contributed by atoms with Crippen LogP contribution >= 0.6 is 15.9 Å². The molecule has 1 aliphatic heterocycles. The van der Waals surface area contributed by atoms with Gasteiger partial charge in [0.1, 0.15) is 0 Å². The molecule has 1 aliphatic rings. The maximum atomic E-state index is 8.77. The van der Waals surface area contributed by atoms with Crippen molar-refractivity contribution in [2.75, 3.05) is 25.1 Å². The Morgan fingerprint density at radius 1 is 1.53 bits per heavy atom. The van der Waals surface area contributed by atoms with Gasteiger partial charge < -0.3 is 10.1 Å². The molecule has 0 amide bonds. The molecular weight excluding hydrogens is 280 g/mol. The summed E-state index contributed by atoms with van der Waals surface area (Å²) in [7, 11) is 0. The van der Waals surface area contributed by atoms with E-state index in [0.29, 0.717) is 11.5 Å². The highest BCUT2D eigenvalue weighted by molar-refractivity contribution is 9.10. The van der Waals surface area contributed by atoms with Crippen molar-refractivity contribution in [3.63, 3.8) is 0 Å². The summed E-state index contributed by atoms with van der Waals surface area (Å²) in [5.41, 5.74) is 1.72. The number of rotatable bonds is 4. The average Bonchev–Trinajstić information content (AvgIpc) is 2.84. The summed E-state index contributed by atoms with van der Waals surface area (Å²) >= 11 is 3.46. The fourth-order valence-electron chi connectivity index (χ4n) is 1.95. The first-order valence-corrected chi connectivity index (χ1v) is 6.60. The van der Waals surface area contributed by atoms with E-state index in [2.05, 4.69) is 27.3 Å². The molecule has 90 valence electrons. The molecular formula is C13H15BrN2O. The van der Waals surface area contributed by atoms with E-state index >= 15 is 0 Å². The van der Waals surface area contributed by atoms with Crippen LogP contribution in [0, 0.1) is 17.2 Å². The van der Waals surface area contributed by atoms with Gasteiger partial charge in [-0.2, -0.15) is 5.26 Å². The molecule has 1 unspecified atom stereocenters. The molecule has 1 saturated heterocycles. The number of hydrogen-bond donors (Lipinski definition) is 1. The van der Waals surface area contributed by atoms with Crippen molar-refractivity contribution in [3.05, 3.63) is 28.2 Å². The molecule has 0 saturated carbocycles. The number of ether oxygens (including phenoxy) is 1. The molecule has 1 aromatic carbocycles. The van der Waals surface area contributed by atoms with Gasteiger partial charge in [-0.15, -0.1) is 0 Å². The Bertz CT molecular complexity index is 422. The first kappa shape index (κ1) is 12.4. The van der Waals surface area contributed by atoms with Crippen LogP contribution < -0.4 is 5.32 Å². The predicted molar refractivity (Wildman–Crippen MR) is 70.9 cm³/mol. The minimum atomic E-state index is 0.673. The summed E-state index contributed by atoms with van der Waals surface area (Å²) in [4.78, 5) is 0. The summed E-state index contributed by atoms with van der Waals surface area (Å²) in [5.74, 6) is 0.694. The molecule has 1 atom stereocenters. The average molecular weight is 295 g/mol. The third kappa shape index (κ3) is 3.45.